The molecule has 1 aromatic carbocycles. The lowest BCUT2D eigenvalue weighted by Gasteiger charge is -1.98. The number of nitrogens with zero attached hydrogens (tertiary/aromatic N) is 1. The van der Waals surface area contributed by atoms with Gasteiger partial charge in [-0.15, -0.1) is 11.3 Å². The second-order valence-electron chi connectivity index (χ2n) is 4.06. The first-order chi connectivity index (χ1) is 8.81. The molecule has 0 atom stereocenters. The Kier molecular flexibility index (Phi) is 2.86. The highest BCUT2D eigenvalue weighted by Crippen LogP contribution is 2.23. The van der Waals surface area contributed by atoms with E-state index < -0.39 is 0 Å². The number of H-pyrrole nitrogens is 1. The van der Waals surface area contributed by atoms with E-state index in [-0.39, 0.29) is 5.75 Å². The summed E-state index contributed by atoms with van der Waals surface area (Å²) in [4.78, 5) is 8.89. The van der Waals surface area contributed by atoms with Crippen LogP contribution in [0.1, 0.15) is 11.4 Å². The number of rotatable bonds is 3. The second-order valence-corrected chi connectivity index (χ2v) is 5.01. The van der Waals surface area contributed by atoms with Gasteiger partial charge in [0.25, 0.3) is 0 Å². The molecule has 0 radical (unpaired) electrons. The molecule has 0 saturated carbocycles. The molecule has 3 rings (SSSR count). The first-order valence-electron chi connectivity index (χ1n) is 5.67. The van der Waals surface area contributed by atoms with Crippen molar-refractivity contribution < 1.29 is 5.11 Å². The van der Waals surface area contributed by atoms with E-state index in [2.05, 4.69) is 21.4 Å². The lowest BCUT2D eigenvalue weighted by Crippen LogP contribution is -1.90. The van der Waals surface area contributed by atoms with Crippen molar-refractivity contribution in [3.05, 3.63) is 59.4 Å². The van der Waals surface area contributed by atoms with Crippen LogP contribution in [0, 0.1) is 0 Å². The number of phenols is 1. The number of nitrogens with one attached hydrogen (secondary N) is 1. The summed E-state index contributed by atoms with van der Waals surface area (Å²) < 4.78 is 0. The van der Waals surface area contributed by atoms with Gasteiger partial charge in [0.2, 0.25) is 0 Å². The molecule has 0 fully saturated rings. The minimum atomic E-state index is 0.289. The topological polar surface area (TPSA) is 48.9 Å². The Labute approximate surface area is 109 Å². The predicted molar refractivity (Wildman–Crippen MR) is 72.8 cm³/mol. The van der Waals surface area contributed by atoms with Crippen molar-refractivity contribution in [1.29, 1.82) is 0 Å². The standard InChI is InChI=1S/C14H12N2OS/c17-11-5-3-10(4-6-11)8-14-15-9-12(16-14)13-2-1-7-18-13/h1-7,9,17H,8H2,(H,15,16). The minimum absolute atomic E-state index is 0.289. The number of benzene rings is 1. The summed E-state index contributed by atoms with van der Waals surface area (Å²) in [5.41, 5.74) is 2.18. The molecule has 90 valence electrons. The lowest BCUT2D eigenvalue weighted by molar-refractivity contribution is 0.475. The molecule has 2 aromatic heterocycles. The third-order valence-electron chi connectivity index (χ3n) is 2.72. The highest BCUT2D eigenvalue weighted by atomic mass is 32.1. The van der Waals surface area contributed by atoms with Crippen LogP contribution in [0.25, 0.3) is 10.6 Å². The zero-order chi connectivity index (χ0) is 12.4. The van der Waals surface area contributed by atoms with Gasteiger partial charge in [-0.25, -0.2) is 4.98 Å². The van der Waals surface area contributed by atoms with E-state index in [4.69, 9.17) is 0 Å². The molecule has 0 saturated heterocycles. The van der Waals surface area contributed by atoms with Gasteiger partial charge in [0, 0.05) is 6.42 Å². The average molecular weight is 256 g/mol. The number of thiophene rings is 1. The largest absolute Gasteiger partial charge is 0.508 e. The van der Waals surface area contributed by atoms with Gasteiger partial charge in [-0.05, 0) is 29.1 Å². The van der Waals surface area contributed by atoms with Crippen LogP contribution in [0.5, 0.6) is 5.75 Å². The molecular formula is C14H12N2OS. The molecule has 3 aromatic rings. The van der Waals surface area contributed by atoms with Gasteiger partial charge in [0.05, 0.1) is 16.8 Å². The Balaban J connectivity index is 1.80. The van der Waals surface area contributed by atoms with E-state index in [1.807, 2.05) is 24.4 Å². The monoisotopic (exact) mass is 256 g/mol. The third kappa shape index (κ3) is 2.28. The van der Waals surface area contributed by atoms with Crippen molar-refractivity contribution in [2.45, 2.75) is 6.42 Å². The van der Waals surface area contributed by atoms with Crippen molar-refractivity contribution in [1.82, 2.24) is 9.97 Å². The van der Waals surface area contributed by atoms with Gasteiger partial charge >= 0.3 is 0 Å². The van der Waals surface area contributed by atoms with Crippen LogP contribution < -0.4 is 0 Å². The van der Waals surface area contributed by atoms with E-state index in [0.29, 0.717) is 0 Å². The fraction of sp³-hybridized carbons (Fsp3) is 0.0714. The van der Waals surface area contributed by atoms with Gasteiger partial charge in [-0.2, -0.15) is 0 Å². The van der Waals surface area contributed by atoms with Crippen LogP contribution in [0.4, 0.5) is 0 Å². The molecule has 0 aliphatic heterocycles. The van der Waals surface area contributed by atoms with Gasteiger partial charge < -0.3 is 10.1 Å². The quantitative estimate of drug-likeness (QED) is 0.754. The number of aromatic amines is 1. The van der Waals surface area contributed by atoms with Crippen molar-refractivity contribution in [3.63, 3.8) is 0 Å². The fourth-order valence-electron chi connectivity index (χ4n) is 1.82. The molecule has 0 bridgehead atoms. The molecule has 18 heavy (non-hydrogen) atoms. The van der Waals surface area contributed by atoms with Gasteiger partial charge in [0.15, 0.2) is 0 Å². The number of aromatic nitrogens is 2. The number of aromatic hydroxyl groups is 1. The Morgan fingerprint density at radius 3 is 2.72 bits per heavy atom. The van der Waals surface area contributed by atoms with Crippen LogP contribution in [-0.2, 0) is 6.42 Å². The number of phenolic OH excluding ortho intramolecular Hbond substituents is 1. The molecule has 0 amide bonds. The van der Waals surface area contributed by atoms with Crippen molar-refractivity contribution in [2.24, 2.45) is 0 Å². The average Bonchev–Trinajstić information content (AvgIpc) is 3.02. The molecule has 0 unspecified atom stereocenters. The maximum atomic E-state index is 9.23. The Morgan fingerprint density at radius 1 is 1.17 bits per heavy atom. The van der Waals surface area contributed by atoms with Crippen molar-refractivity contribution in [3.8, 4) is 16.3 Å². The summed E-state index contributed by atoms with van der Waals surface area (Å²) in [6.45, 7) is 0. The first kappa shape index (κ1) is 11.0. The maximum Gasteiger partial charge on any atom is 0.115 e. The molecular weight excluding hydrogens is 244 g/mol. The smallest absolute Gasteiger partial charge is 0.115 e. The first-order valence-corrected chi connectivity index (χ1v) is 6.55. The highest BCUT2D eigenvalue weighted by Gasteiger charge is 2.04. The van der Waals surface area contributed by atoms with Crippen LogP contribution in [-0.4, -0.2) is 15.1 Å². The van der Waals surface area contributed by atoms with Crippen molar-refractivity contribution >= 4 is 11.3 Å². The van der Waals surface area contributed by atoms with Crippen LogP contribution >= 0.6 is 11.3 Å². The van der Waals surface area contributed by atoms with Crippen LogP contribution in [0.15, 0.2) is 48.0 Å². The molecule has 3 nitrogen and oxygen atoms in total. The number of imidazole rings is 1. The van der Waals surface area contributed by atoms with Gasteiger partial charge in [0.1, 0.15) is 11.6 Å². The zero-order valence-electron chi connectivity index (χ0n) is 9.63. The van der Waals surface area contributed by atoms with Gasteiger partial charge in [-0.3, -0.25) is 0 Å². The second kappa shape index (κ2) is 4.66. The summed E-state index contributed by atoms with van der Waals surface area (Å²) in [5.74, 6) is 1.22. The summed E-state index contributed by atoms with van der Waals surface area (Å²) >= 11 is 1.69. The molecule has 2 N–H and O–H groups in total. The molecule has 0 aliphatic carbocycles. The van der Waals surface area contributed by atoms with E-state index >= 15 is 0 Å². The van der Waals surface area contributed by atoms with E-state index in [1.165, 1.54) is 4.88 Å². The predicted octanol–water partition coefficient (Wildman–Crippen LogP) is 3.43. The van der Waals surface area contributed by atoms with Gasteiger partial charge in [-0.1, -0.05) is 18.2 Å². The van der Waals surface area contributed by atoms with E-state index in [0.717, 1.165) is 23.5 Å². The molecule has 2 heterocycles. The Hall–Kier alpha value is -2.07. The maximum absolute atomic E-state index is 9.23. The zero-order valence-corrected chi connectivity index (χ0v) is 10.4. The van der Waals surface area contributed by atoms with E-state index in [1.54, 1.807) is 23.5 Å². The minimum Gasteiger partial charge on any atom is -0.508 e. The van der Waals surface area contributed by atoms with Crippen molar-refractivity contribution in [2.75, 3.05) is 0 Å². The summed E-state index contributed by atoms with van der Waals surface area (Å²) in [6, 6.07) is 11.3. The molecule has 0 aliphatic rings. The number of hydrogen-bond donors (Lipinski definition) is 2. The lowest BCUT2D eigenvalue weighted by atomic mass is 10.1. The molecule has 4 heteroatoms. The summed E-state index contributed by atoms with van der Waals surface area (Å²) in [5, 5.41) is 11.3. The van der Waals surface area contributed by atoms with Crippen LogP contribution in [0.2, 0.25) is 0 Å². The summed E-state index contributed by atoms with van der Waals surface area (Å²) in [7, 11) is 0. The Morgan fingerprint density at radius 2 is 2.00 bits per heavy atom. The Bertz CT molecular complexity index is 626. The highest BCUT2D eigenvalue weighted by molar-refractivity contribution is 7.13. The fourth-order valence-corrected chi connectivity index (χ4v) is 2.51. The molecule has 0 spiro atoms. The van der Waals surface area contributed by atoms with E-state index in [9.17, 15) is 5.11 Å². The summed E-state index contributed by atoms with van der Waals surface area (Å²) in [6.07, 6.45) is 2.60. The van der Waals surface area contributed by atoms with Crippen LogP contribution in [0.3, 0.4) is 0 Å². The third-order valence-corrected chi connectivity index (χ3v) is 3.63. The SMILES string of the molecule is Oc1ccc(Cc2ncc(-c3cccs3)[nH]2)cc1. The normalized spacial score (nSPS) is 10.7. The number of hydrogen-bond acceptors (Lipinski definition) is 3.